The second-order valence-electron chi connectivity index (χ2n) is 10.3. The topological polar surface area (TPSA) is 42.2 Å². The third-order valence-electron chi connectivity index (χ3n) is 7.75. The summed E-state index contributed by atoms with van der Waals surface area (Å²) in [6, 6.07) is 7.99. The highest BCUT2D eigenvalue weighted by atomic mass is 19.1. The van der Waals surface area contributed by atoms with Gasteiger partial charge in [-0.1, -0.05) is 29.4 Å². The lowest BCUT2D eigenvalue weighted by atomic mass is 9.63. The number of nitrogens with zero attached hydrogens (tertiary/aromatic N) is 3. The van der Waals surface area contributed by atoms with Gasteiger partial charge >= 0.3 is 0 Å². The Morgan fingerprint density at radius 1 is 1.06 bits per heavy atom. The third kappa shape index (κ3) is 3.49. The normalized spacial score (nSPS) is 19.5. The van der Waals surface area contributed by atoms with Crippen molar-refractivity contribution in [1.82, 2.24) is 10.1 Å². The molecule has 1 aromatic carbocycles. The molecule has 5 heteroatoms. The van der Waals surface area contributed by atoms with Crippen molar-refractivity contribution in [2.75, 3.05) is 18.0 Å². The summed E-state index contributed by atoms with van der Waals surface area (Å²) >= 11 is 0. The Morgan fingerprint density at radius 3 is 2.39 bits per heavy atom. The number of hydrogen-bond donors (Lipinski definition) is 0. The van der Waals surface area contributed by atoms with E-state index in [-0.39, 0.29) is 11.2 Å². The summed E-state index contributed by atoms with van der Waals surface area (Å²) in [4.78, 5) is 6.46. The van der Waals surface area contributed by atoms with Gasteiger partial charge in [-0.25, -0.2) is 9.37 Å². The standard InChI is InChI=1S/C28H30FN3O/c1-17-13-22(29)27(30-16-17)32-11-9-28(10-12-32)14-21(15-28)24-25(31-33-26(24)20-7-8-20)23-18(2)5-4-6-19(23)3/h4-6,13-14,16,20H,7-12,15H2,1-3H3. The average molecular weight is 444 g/mol. The molecule has 1 saturated heterocycles. The van der Waals surface area contributed by atoms with Crippen molar-refractivity contribution in [2.24, 2.45) is 5.41 Å². The lowest BCUT2D eigenvalue weighted by Gasteiger charge is -2.46. The minimum absolute atomic E-state index is 0.198. The maximum Gasteiger partial charge on any atom is 0.165 e. The number of halogens is 1. The molecule has 2 aromatic heterocycles. The van der Waals surface area contributed by atoms with Crippen LogP contribution in [0, 0.1) is 32.0 Å². The molecule has 0 amide bonds. The molecule has 3 aromatic rings. The van der Waals surface area contributed by atoms with E-state index < -0.39 is 0 Å². The molecule has 4 nitrogen and oxygen atoms in total. The van der Waals surface area contributed by atoms with Crippen molar-refractivity contribution in [2.45, 2.75) is 58.8 Å². The predicted octanol–water partition coefficient (Wildman–Crippen LogP) is 6.75. The van der Waals surface area contributed by atoms with Crippen LogP contribution >= 0.6 is 0 Å². The van der Waals surface area contributed by atoms with E-state index in [1.165, 1.54) is 40.7 Å². The van der Waals surface area contributed by atoms with Gasteiger partial charge in [-0.2, -0.15) is 0 Å². The van der Waals surface area contributed by atoms with Gasteiger partial charge in [0.25, 0.3) is 0 Å². The summed E-state index contributed by atoms with van der Waals surface area (Å²) in [5.74, 6) is 1.87. The minimum atomic E-state index is -0.215. The maximum atomic E-state index is 14.4. The summed E-state index contributed by atoms with van der Waals surface area (Å²) in [6.07, 6.45) is 9.70. The molecule has 0 radical (unpaired) electrons. The smallest absolute Gasteiger partial charge is 0.165 e. The van der Waals surface area contributed by atoms with E-state index in [4.69, 9.17) is 4.52 Å². The molecule has 0 N–H and O–H groups in total. The van der Waals surface area contributed by atoms with Gasteiger partial charge in [0.05, 0.1) is 0 Å². The molecule has 1 aliphatic heterocycles. The highest BCUT2D eigenvalue weighted by Crippen LogP contribution is 2.56. The van der Waals surface area contributed by atoms with Crippen LogP contribution in [0.5, 0.6) is 0 Å². The van der Waals surface area contributed by atoms with E-state index in [9.17, 15) is 4.39 Å². The Balaban J connectivity index is 1.28. The molecule has 3 heterocycles. The van der Waals surface area contributed by atoms with E-state index >= 15 is 0 Å². The van der Waals surface area contributed by atoms with Crippen LogP contribution in [0.25, 0.3) is 16.8 Å². The summed E-state index contributed by atoms with van der Waals surface area (Å²) in [6.45, 7) is 7.85. The quantitative estimate of drug-likeness (QED) is 0.447. The van der Waals surface area contributed by atoms with E-state index in [1.807, 2.05) is 6.92 Å². The largest absolute Gasteiger partial charge is 0.360 e. The zero-order valence-electron chi connectivity index (χ0n) is 19.6. The summed E-state index contributed by atoms with van der Waals surface area (Å²) in [5.41, 5.74) is 8.38. The molecule has 0 unspecified atom stereocenters. The number of aromatic nitrogens is 2. The first-order valence-corrected chi connectivity index (χ1v) is 12.1. The molecule has 1 spiro atoms. The van der Waals surface area contributed by atoms with Gasteiger partial charge in [-0.15, -0.1) is 0 Å². The number of piperidine rings is 1. The molecular formula is C28H30FN3O. The van der Waals surface area contributed by atoms with Gasteiger partial charge in [-0.05, 0) is 86.6 Å². The fraction of sp³-hybridized carbons (Fsp3) is 0.429. The van der Waals surface area contributed by atoms with Gasteiger partial charge < -0.3 is 9.42 Å². The van der Waals surface area contributed by atoms with Crippen molar-refractivity contribution in [3.63, 3.8) is 0 Å². The fourth-order valence-corrected chi connectivity index (χ4v) is 5.72. The summed E-state index contributed by atoms with van der Waals surface area (Å²) < 4.78 is 20.4. The second-order valence-corrected chi connectivity index (χ2v) is 10.3. The number of benzene rings is 1. The van der Waals surface area contributed by atoms with Crippen LogP contribution in [-0.4, -0.2) is 23.2 Å². The van der Waals surface area contributed by atoms with Gasteiger partial charge in [0.2, 0.25) is 0 Å². The molecule has 2 fully saturated rings. The average Bonchev–Trinajstić information content (AvgIpc) is 3.52. The summed E-state index contributed by atoms with van der Waals surface area (Å²) in [7, 11) is 0. The molecule has 2 aliphatic carbocycles. The molecular weight excluding hydrogens is 413 g/mol. The maximum absolute atomic E-state index is 14.4. The Kier molecular flexibility index (Phi) is 4.72. The van der Waals surface area contributed by atoms with Crippen LogP contribution in [0.15, 0.2) is 41.1 Å². The summed E-state index contributed by atoms with van der Waals surface area (Å²) in [5, 5.41) is 4.60. The Labute approximate surface area is 194 Å². The number of anilines is 1. The lowest BCUT2D eigenvalue weighted by Crippen LogP contribution is -2.43. The van der Waals surface area contributed by atoms with Crippen LogP contribution in [-0.2, 0) is 0 Å². The molecule has 0 atom stereocenters. The van der Waals surface area contributed by atoms with E-state index in [2.05, 4.69) is 53.2 Å². The molecule has 3 aliphatic rings. The first-order chi connectivity index (χ1) is 15.9. The molecule has 33 heavy (non-hydrogen) atoms. The van der Waals surface area contributed by atoms with E-state index in [0.29, 0.717) is 11.7 Å². The Bertz CT molecular complexity index is 1240. The van der Waals surface area contributed by atoms with Crippen molar-refractivity contribution >= 4 is 11.4 Å². The van der Waals surface area contributed by atoms with Gasteiger partial charge in [0.1, 0.15) is 11.5 Å². The number of rotatable bonds is 4. The van der Waals surface area contributed by atoms with Gasteiger partial charge in [0, 0.05) is 36.3 Å². The number of aryl methyl sites for hydroxylation is 3. The molecule has 170 valence electrons. The van der Waals surface area contributed by atoms with Crippen molar-refractivity contribution < 1.29 is 8.91 Å². The van der Waals surface area contributed by atoms with Crippen LogP contribution in [0.3, 0.4) is 0 Å². The highest BCUT2D eigenvalue weighted by Gasteiger charge is 2.44. The Morgan fingerprint density at radius 2 is 1.76 bits per heavy atom. The van der Waals surface area contributed by atoms with E-state index in [0.717, 1.165) is 49.4 Å². The number of pyridine rings is 1. The highest BCUT2D eigenvalue weighted by molar-refractivity contribution is 5.86. The first-order valence-electron chi connectivity index (χ1n) is 12.1. The minimum Gasteiger partial charge on any atom is -0.360 e. The van der Waals surface area contributed by atoms with Crippen molar-refractivity contribution in [3.05, 3.63) is 70.4 Å². The Hall–Kier alpha value is -2.95. The van der Waals surface area contributed by atoms with Crippen molar-refractivity contribution in [3.8, 4) is 11.3 Å². The van der Waals surface area contributed by atoms with Crippen molar-refractivity contribution in [1.29, 1.82) is 0 Å². The zero-order valence-corrected chi connectivity index (χ0v) is 19.6. The monoisotopic (exact) mass is 443 g/mol. The SMILES string of the molecule is Cc1cnc(N2CCC3(C=C(c4c(-c5c(C)cccc5C)noc4C4CC4)C3)CC2)c(F)c1. The van der Waals surface area contributed by atoms with Gasteiger partial charge in [0.15, 0.2) is 11.6 Å². The van der Waals surface area contributed by atoms with Crippen LogP contribution < -0.4 is 4.90 Å². The number of hydrogen-bond acceptors (Lipinski definition) is 4. The van der Waals surface area contributed by atoms with Crippen LogP contribution in [0.4, 0.5) is 10.2 Å². The zero-order chi connectivity index (χ0) is 22.7. The number of allylic oxidation sites excluding steroid dienone is 2. The van der Waals surface area contributed by atoms with Gasteiger partial charge in [-0.3, -0.25) is 0 Å². The van der Waals surface area contributed by atoms with Crippen LogP contribution in [0.1, 0.15) is 66.0 Å². The predicted molar refractivity (Wildman–Crippen MR) is 129 cm³/mol. The first kappa shape index (κ1) is 20.6. The van der Waals surface area contributed by atoms with Crippen LogP contribution in [0.2, 0.25) is 0 Å². The van der Waals surface area contributed by atoms with E-state index in [1.54, 1.807) is 12.3 Å². The second kappa shape index (κ2) is 7.54. The lowest BCUT2D eigenvalue weighted by molar-refractivity contribution is 0.276. The molecule has 6 rings (SSSR count). The molecule has 1 saturated carbocycles. The fourth-order valence-electron chi connectivity index (χ4n) is 5.72. The third-order valence-corrected chi connectivity index (χ3v) is 7.75. The molecule has 0 bridgehead atoms.